The standard InChI is InChI=1S/C25H27NO5/c1-28-22-14-13-20(15-21(26)25(27)29-2)23(30-16-18-9-5-3-6-10-18)24(22)31-17-19-11-7-4-8-12-19/h3-14,21H,15-17,26H2,1-2H3/t21-/m0/s1. The molecule has 0 unspecified atom stereocenters. The Morgan fingerprint density at radius 1 is 0.806 bits per heavy atom. The summed E-state index contributed by atoms with van der Waals surface area (Å²) >= 11 is 0. The van der Waals surface area contributed by atoms with E-state index >= 15 is 0 Å². The highest BCUT2D eigenvalue weighted by molar-refractivity contribution is 5.76. The monoisotopic (exact) mass is 421 g/mol. The Kier molecular flexibility index (Phi) is 7.90. The predicted molar refractivity (Wildman–Crippen MR) is 118 cm³/mol. The number of benzene rings is 3. The van der Waals surface area contributed by atoms with Gasteiger partial charge in [0, 0.05) is 12.0 Å². The number of nitrogens with two attached hydrogens (primary N) is 1. The van der Waals surface area contributed by atoms with E-state index in [-0.39, 0.29) is 6.42 Å². The lowest BCUT2D eigenvalue weighted by molar-refractivity contribution is -0.142. The van der Waals surface area contributed by atoms with Gasteiger partial charge in [0.25, 0.3) is 0 Å². The zero-order chi connectivity index (χ0) is 22.1. The molecular formula is C25H27NO5. The van der Waals surface area contributed by atoms with Crippen molar-refractivity contribution in [1.82, 2.24) is 0 Å². The van der Waals surface area contributed by atoms with Crippen molar-refractivity contribution in [3.63, 3.8) is 0 Å². The van der Waals surface area contributed by atoms with Gasteiger partial charge in [0.2, 0.25) is 5.75 Å². The van der Waals surface area contributed by atoms with Crippen molar-refractivity contribution in [1.29, 1.82) is 0 Å². The Labute approximate surface area is 182 Å². The van der Waals surface area contributed by atoms with Gasteiger partial charge in [-0.05, 0) is 17.2 Å². The molecule has 0 bridgehead atoms. The fraction of sp³-hybridized carbons (Fsp3) is 0.240. The van der Waals surface area contributed by atoms with Gasteiger partial charge in [0.1, 0.15) is 19.3 Å². The number of esters is 1. The predicted octanol–water partition coefficient (Wildman–Crippen LogP) is 3.90. The highest BCUT2D eigenvalue weighted by atomic mass is 16.5. The van der Waals surface area contributed by atoms with Crippen molar-refractivity contribution < 1.29 is 23.7 Å². The Balaban J connectivity index is 1.93. The molecule has 6 heteroatoms. The topological polar surface area (TPSA) is 80.0 Å². The lowest BCUT2D eigenvalue weighted by Crippen LogP contribution is -2.33. The van der Waals surface area contributed by atoms with Gasteiger partial charge in [0.05, 0.1) is 14.2 Å². The lowest BCUT2D eigenvalue weighted by atomic mass is 10.0. The van der Waals surface area contributed by atoms with E-state index in [1.165, 1.54) is 7.11 Å². The van der Waals surface area contributed by atoms with Crippen LogP contribution in [-0.2, 0) is 29.2 Å². The van der Waals surface area contributed by atoms with Crippen LogP contribution in [0.1, 0.15) is 16.7 Å². The SMILES string of the molecule is COC(=O)[C@@H](N)Cc1ccc(OC)c(OCc2ccccc2)c1OCc1ccccc1. The van der Waals surface area contributed by atoms with Crippen LogP contribution in [0.4, 0.5) is 0 Å². The molecule has 3 aromatic carbocycles. The van der Waals surface area contributed by atoms with E-state index < -0.39 is 12.0 Å². The molecule has 0 aliphatic heterocycles. The van der Waals surface area contributed by atoms with Crippen molar-refractivity contribution >= 4 is 5.97 Å². The first-order valence-electron chi connectivity index (χ1n) is 9.99. The molecule has 3 rings (SSSR count). The van der Waals surface area contributed by atoms with Crippen LogP contribution in [0.2, 0.25) is 0 Å². The summed E-state index contributed by atoms with van der Waals surface area (Å²) in [6.45, 7) is 0.668. The molecule has 0 saturated carbocycles. The summed E-state index contributed by atoms with van der Waals surface area (Å²) in [4.78, 5) is 11.9. The molecule has 0 fully saturated rings. The Morgan fingerprint density at radius 3 is 1.87 bits per heavy atom. The molecule has 0 heterocycles. The Morgan fingerprint density at radius 2 is 1.35 bits per heavy atom. The molecule has 31 heavy (non-hydrogen) atoms. The van der Waals surface area contributed by atoms with Crippen molar-refractivity contribution in [2.75, 3.05) is 14.2 Å². The number of carbonyl (C=O) groups is 1. The number of methoxy groups -OCH3 is 2. The van der Waals surface area contributed by atoms with Gasteiger partial charge in [-0.3, -0.25) is 4.79 Å². The molecular weight excluding hydrogens is 394 g/mol. The molecule has 0 amide bonds. The van der Waals surface area contributed by atoms with Crippen LogP contribution in [0.5, 0.6) is 17.2 Å². The lowest BCUT2D eigenvalue weighted by Gasteiger charge is -2.20. The number of rotatable bonds is 10. The average Bonchev–Trinajstić information content (AvgIpc) is 2.82. The second kappa shape index (κ2) is 11.0. The normalized spacial score (nSPS) is 11.5. The highest BCUT2D eigenvalue weighted by Crippen LogP contribution is 2.41. The first kappa shape index (κ1) is 22.2. The number of hydrogen-bond acceptors (Lipinski definition) is 6. The summed E-state index contributed by atoms with van der Waals surface area (Å²) in [5, 5.41) is 0. The molecule has 162 valence electrons. The molecule has 2 N–H and O–H groups in total. The third-order valence-corrected chi connectivity index (χ3v) is 4.77. The van der Waals surface area contributed by atoms with Crippen molar-refractivity contribution in [3.8, 4) is 17.2 Å². The van der Waals surface area contributed by atoms with Gasteiger partial charge in [-0.2, -0.15) is 0 Å². The summed E-state index contributed by atoms with van der Waals surface area (Å²) in [5.41, 5.74) is 8.77. The van der Waals surface area contributed by atoms with E-state index in [9.17, 15) is 4.79 Å². The minimum atomic E-state index is -0.820. The first-order valence-corrected chi connectivity index (χ1v) is 9.99. The van der Waals surface area contributed by atoms with Crippen molar-refractivity contribution in [3.05, 3.63) is 89.5 Å². The number of hydrogen-bond donors (Lipinski definition) is 1. The van der Waals surface area contributed by atoms with E-state index in [1.54, 1.807) is 13.2 Å². The average molecular weight is 421 g/mol. The maximum atomic E-state index is 11.9. The van der Waals surface area contributed by atoms with Crippen molar-refractivity contribution in [2.24, 2.45) is 5.73 Å². The molecule has 0 saturated heterocycles. The van der Waals surface area contributed by atoms with E-state index in [2.05, 4.69) is 0 Å². The zero-order valence-electron chi connectivity index (χ0n) is 17.7. The fourth-order valence-electron chi connectivity index (χ4n) is 3.13. The quantitative estimate of drug-likeness (QED) is 0.500. The Hall–Kier alpha value is -3.51. The van der Waals surface area contributed by atoms with Gasteiger partial charge >= 0.3 is 5.97 Å². The van der Waals surface area contributed by atoms with Gasteiger partial charge in [-0.15, -0.1) is 0 Å². The molecule has 3 aromatic rings. The van der Waals surface area contributed by atoms with E-state index in [4.69, 9.17) is 24.7 Å². The second-order valence-electron chi connectivity index (χ2n) is 6.97. The number of ether oxygens (including phenoxy) is 4. The van der Waals surface area contributed by atoms with Gasteiger partial charge in [0.15, 0.2) is 11.5 Å². The van der Waals surface area contributed by atoms with Crippen LogP contribution in [0.25, 0.3) is 0 Å². The molecule has 0 spiro atoms. The van der Waals surface area contributed by atoms with Gasteiger partial charge < -0.3 is 24.7 Å². The summed E-state index contributed by atoms with van der Waals surface area (Å²) in [6, 6.07) is 22.4. The third-order valence-electron chi connectivity index (χ3n) is 4.77. The smallest absolute Gasteiger partial charge is 0.322 e. The zero-order valence-corrected chi connectivity index (χ0v) is 17.7. The summed E-state index contributed by atoms with van der Waals surface area (Å²) in [7, 11) is 2.89. The third kappa shape index (κ3) is 5.99. The van der Waals surface area contributed by atoms with Crippen LogP contribution in [0.15, 0.2) is 72.8 Å². The van der Waals surface area contributed by atoms with Crippen LogP contribution < -0.4 is 19.9 Å². The highest BCUT2D eigenvalue weighted by Gasteiger charge is 2.22. The Bertz CT molecular complexity index is 976. The molecule has 0 aliphatic carbocycles. The van der Waals surface area contributed by atoms with Crippen LogP contribution in [0, 0.1) is 0 Å². The van der Waals surface area contributed by atoms with Crippen LogP contribution >= 0.6 is 0 Å². The molecule has 1 atom stereocenters. The summed E-state index contributed by atoms with van der Waals surface area (Å²) < 4.78 is 22.6. The maximum absolute atomic E-state index is 11.9. The fourth-order valence-corrected chi connectivity index (χ4v) is 3.13. The van der Waals surface area contributed by atoms with Crippen LogP contribution in [0.3, 0.4) is 0 Å². The number of carbonyl (C=O) groups excluding carboxylic acids is 1. The summed E-state index contributed by atoms with van der Waals surface area (Å²) in [5.74, 6) is 1.02. The van der Waals surface area contributed by atoms with E-state index in [0.29, 0.717) is 30.5 Å². The molecule has 0 aromatic heterocycles. The van der Waals surface area contributed by atoms with E-state index in [1.807, 2.05) is 66.7 Å². The van der Waals surface area contributed by atoms with Gasteiger partial charge in [-0.1, -0.05) is 66.7 Å². The molecule has 0 radical (unpaired) electrons. The summed E-state index contributed by atoms with van der Waals surface area (Å²) in [6.07, 6.45) is 0.239. The van der Waals surface area contributed by atoms with E-state index in [0.717, 1.165) is 16.7 Å². The minimum Gasteiger partial charge on any atom is -0.493 e. The molecule has 0 aliphatic rings. The first-order chi connectivity index (χ1) is 15.1. The molecule has 6 nitrogen and oxygen atoms in total. The maximum Gasteiger partial charge on any atom is 0.322 e. The second-order valence-corrected chi connectivity index (χ2v) is 6.97. The minimum absolute atomic E-state index is 0.239. The van der Waals surface area contributed by atoms with Crippen molar-refractivity contribution in [2.45, 2.75) is 25.7 Å². The largest absolute Gasteiger partial charge is 0.493 e. The van der Waals surface area contributed by atoms with Crippen LogP contribution in [-0.4, -0.2) is 26.2 Å². The van der Waals surface area contributed by atoms with Gasteiger partial charge in [-0.25, -0.2) is 0 Å².